The largest absolute Gasteiger partial charge is 0.383 e. The molecular formula is C11H6F3IOS. The predicted octanol–water partition coefficient (Wildman–Crippen LogP) is 3.85. The minimum Gasteiger partial charge on any atom is -0.383 e. The predicted molar refractivity (Wildman–Crippen MR) is 67.4 cm³/mol. The average molecular weight is 370 g/mol. The Morgan fingerprint density at radius 1 is 1.12 bits per heavy atom. The van der Waals surface area contributed by atoms with Crippen LogP contribution in [0.2, 0.25) is 0 Å². The molecule has 0 radical (unpaired) electrons. The fourth-order valence-electron chi connectivity index (χ4n) is 1.45. The molecule has 0 aliphatic rings. The van der Waals surface area contributed by atoms with Crippen LogP contribution in [-0.4, -0.2) is 5.11 Å². The van der Waals surface area contributed by atoms with E-state index in [4.69, 9.17) is 0 Å². The van der Waals surface area contributed by atoms with Crippen molar-refractivity contribution in [2.45, 2.75) is 6.10 Å². The molecule has 1 atom stereocenters. The molecule has 0 saturated carbocycles. The van der Waals surface area contributed by atoms with Gasteiger partial charge in [-0.2, -0.15) is 0 Å². The highest BCUT2D eigenvalue weighted by Crippen LogP contribution is 2.30. The summed E-state index contributed by atoms with van der Waals surface area (Å²) in [5.74, 6) is -3.18. The quantitative estimate of drug-likeness (QED) is 0.797. The first-order valence-corrected chi connectivity index (χ1v) is 6.51. The standard InChI is InChI=1S/C11H6F3IOS/c12-6-2-7(13)10(8(14)3-6)11(16)5-1-9(15)17-4-5/h1-4,11,16H. The summed E-state index contributed by atoms with van der Waals surface area (Å²) in [7, 11) is 0. The molecule has 0 fully saturated rings. The van der Waals surface area contributed by atoms with E-state index in [1.807, 2.05) is 22.6 Å². The molecular weight excluding hydrogens is 364 g/mol. The summed E-state index contributed by atoms with van der Waals surface area (Å²) >= 11 is 3.39. The van der Waals surface area contributed by atoms with E-state index in [1.54, 1.807) is 11.4 Å². The Kier molecular flexibility index (Phi) is 3.74. The van der Waals surface area contributed by atoms with E-state index in [2.05, 4.69) is 0 Å². The van der Waals surface area contributed by atoms with E-state index in [0.29, 0.717) is 17.7 Å². The lowest BCUT2D eigenvalue weighted by Gasteiger charge is -2.11. The Hall–Kier alpha value is -0.600. The van der Waals surface area contributed by atoms with Crippen LogP contribution in [-0.2, 0) is 0 Å². The molecule has 1 aromatic carbocycles. The first kappa shape index (κ1) is 12.8. The molecule has 1 unspecified atom stereocenters. The van der Waals surface area contributed by atoms with Gasteiger partial charge in [0.2, 0.25) is 0 Å². The van der Waals surface area contributed by atoms with Crippen LogP contribution in [0.5, 0.6) is 0 Å². The molecule has 0 aliphatic carbocycles. The number of benzene rings is 1. The second-order valence-electron chi connectivity index (χ2n) is 3.37. The SMILES string of the molecule is OC(c1csc(I)c1)c1c(F)cc(F)cc1F. The van der Waals surface area contributed by atoms with Crippen LogP contribution in [0.25, 0.3) is 0 Å². The normalized spacial score (nSPS) is 12.8. The third-order valence-electron chi connectivity index (χ3n) is 2.22. The van der Waals surface area contributed by atoms with Crippen molar-refractivity contribution in [1.29, 1.82) is 0 Å². The second-order valence-corrected chi connectivity index (χ2v) is 6.18. The molecule has 0 bridgehead atoms. The van der Waals surface area contributed by atoms with Gasteiger partial charge in [0.05, 0.1) is 8.45 Å². The van der Waals surface area contributed by atoms with Crippen molar-refractivity contribution in [3.05, 3.63) is 55.0 Å². The van der Waals surface area contributed by atoms with E-state index in [-0.39, 0.29) is 0 Å². The van der Waals surface area contributed by atoms with Crippen molar-refractivity contribution in [2.75, 3.05) is 0 Å². The van der Waals surface area contributed by atoms with Crippen molar-refractivity contribution in [2.24, 2.45) is 0 Å². The number of aliphatic hydroxyl groups excluding tert-OH is 1. The van der Waals surface area contributed by atoms with Crippen molar-refractivity contribution in [3.63, 3.8) is 0 Å². The Morgan fingerprint density at radius 2 is 1.71 bits per heavy atom. The summed E-state index contributed by atoms with van der Waals surface area (Å²) < 4.78 is 40.4. The van der Waals surface area contributed by atoms with Crippen LogP contribution in [0, 0.1) is 20.3 Å². The molecule has 2 rings (SSSR count). The molecule has 0 amide bonds. The van der Waals surface area contributed by atoms with Gasteiger partial charge in [-0.15, -0.1) is 11.3 Å². The van der Waals surface area contributed by atoms with Gasteiger partial charge in [0.25, 0.3) is 0 Å². The Balaban J connectivity index is 2.47. The van der Waals surface area contributed by atoms with Crippen LogP contribution < -0.4 is 0 Å². The fourth-order valence-corrected chi connectivity index (χ4v) is 2.84. The molecule has 0 saturated heterocycles. The van der Waals surface area contributed by atoms with Crippen LogP contribution in [0.4, 0.5) is 13.2 Å². The zero-order valence-corrected chi connectivity index (χ0v) is 11.2. The molecule has 17 heavy (non-hydrogen) atoms. The molecule has 90 valence electrons. The van der Waals surface area contributed by atoms with Crippen molar-refractivity contribution >= 4 is 33.9 Å². The highest BCUT2D eigenvalue weighted by molar-refractivity contribution is 14.1. The summed E-state index contributed by atoms with van der Waals surface area (Å²) in [6.45, 7) is 0. The van der Waals surface area contributed by atoms with Gasteiger partial charge in [-0.3, -0.25) is 0 Å². The maximum absolute atomic E-state index is 13.4. The van der Waals surface area contributed by atoms with E-state index in [1.165, 1.54) is 11.3 Å². The zero-order chi connectivity index (χ0) is 12.6. The van der Waals surface area contributed by atoms with Gasteiger partial charge >= 0.3 is 0 Å². The van der Waals surface area contributed by atoms with Gasteiger partial charge in [0.15, 0.2) is 0 Å². The summed E-state index contributed by atoms with van der Waals surface area (Å²) in [6.07, 6.45) is -1.42. The Morgan fingerprint density at radius 3 is 2.18 bits per heavy atom. The second kappa shape index (κ2) is 4.95. The topological polar surface area (TPSA) is 20.2 Å². The van der Waals surface area contributed by atoms with Crippen LogP contribution in [0.1, 0.15) is 17.2 Å². The Bertz CT molecular complexity index is 532. The van der Waals surface area contributed by atoms with Gasteiger partial charge in [0.1, 0.15) is 23.6 Å². The van der Waals surface area contributed by atoms with Gasteiger partial charge in [-0.1, -0.05) is 0 Å². The molecule has 0 aliphatic heterocycles. The summed E-state index contributed by atoms with van der Waals surface area (Å²) in [5, 5.41) is 11.5. The highest BCUT2D eigenvalue weighted by atomic mass is 127. The Labute approximate surface area is 113 Å². The molecule has 1 N–H and O–H groups in total. The van der Waals surface area contributed by atoms with Crippen LogP contribution >= 0.6 is 33.9 Å². The maximum atomic E-state index is 13.4. The van der Waals surface area contributed by atoms with E-state index in [0.717, 1.165) is 2.88 Å². The maximum Gasteiger partial charge on any atom is 0.135 e. The highest BCUT2D eigenvalue weighted by Gasteiger charge is 2.21. The monoisotopic (exact) mass is 370 g/mol. The molecule has 6 heteroatoms. The molecule has 1 heterocycles. The first-order chi connectivity index (χ1) is 7.99. The van der Waals surface area contributed by atoms with Gasteiger partial charge in [-0.25, -0.2) is 13.2 Å². The van der Waals surface area contributed by atoms with Crippen LogP contribution in [0.15, 0.2) is 23.6 Å². The molecule has 1 nitrogen and oxygen atoms in total. The smallest absolute Gasteiger partial charge is 0.135 e. The van der Waals surface area contributed by atoms with Crippen molar-refractivity contribution in [3.8, 4) is 0 Å². The lowest BCUT2D eigenvalue weighted by Crippen LogP contribution is -2.05. The first-order valence-electron chi connectivity index (χ1n) is 4.55. The summed E-state index contributed by atoms with van der Waals surface area (Å²) in [4.78, 5) is 0. The number of rotatable bonds is 2. The van der Waals surface area contributed by atoms with Gasteiger partial charge in [-0.05, 0) is 39.6 Å². The molecule has 1 aromatic heterocycles. The van der Waals surface area contributed by atoms with Crippen LogP contribution in [0.3, 0.4) is 0 Å². The van der Waals surface area contributed by atoms with Gasteiger partial charge in [0, 0.05) is 12.1 Å². The summed E-state index contributed by atoms with van der Waals surface area (Å²) in [6, 6.07) is 2.73. The number of aliphatic hydroxyl groups is 1. The van der Waals surface area contributed by atoms with Gasteiger partial charge < -0.3 is 5.11 Å². The van der Waals surface area contributed by atoms with E-state index < -0.39 is 29.1 Å². The molecule has 2 aromatic rings. The number of hydrogen-bond donors (Lipinski definition) is 1. The van der Waals surface area contributed by atoms with E-state index in [9.17, 15) is 18.3 Å². The van der Waals surface area contributed by atoms with Crippen molar-refractivity contribution in [1.82, 2.24) is 0 Å². The number of thiophene rings is 1. The zero-order valence-electron chi connectivity index (χ0n) is 8.25. The number of hydrogen-bond acceptors (Lipinski definition) is 2. The molecule has 0 spiro atoms. The number of halogens is 4. The lowest BCUT2D eigenvalue weighted by atomic mass is 10.0. The lowest BCUT2D eigenvalue weighted by molar-refractivity contribution is 0.209. The van der Waals surface area contributed by atoms with E-state index >= 15 is 0 Å². The minimum atomic E-state index is -1.42. The minimum absolute atomic E-state index is 0.392. The summed E-state index contributed by atoms with van der Waals surface area (Å²) in [5.41, 5.74) is -0.135. The third-order valence-corrected chi connectivity index (χ3v) is 4.03. The third kappa shape index (κ3) is 2.63. The average Bonchev–Trinajstić information content (AvgIpc) is 2.63. The fraction of sp³-hybridized carbons (Fsp3) is 0.0909. The van der Waals surface area contributed by atoms with Crippen molar-refractivity contribution < 1.29 is 18.3 Å².